The van der Waals surface area contributed by atoms with Crippen LogP contribution in [0.25, 0.3) is 0 Å². The van der Waals surface area contributed by atoms with E-state index in [2.05, 4.69) is 0 Å². The fraction of sp³-hybridized carbons (Fsp3) is 0.682. The highest BCUT2D eigenvalue weighted by Gasteiger charge is 2.55. The van der Waals surface area contributed by atoms with Gasteiger partial charge in [-0.2, -0.15) is 0 Å². The van der Waals surface area contributed by atoms with E-state index < -0.39 is 14.8 Å². The molecule has 1 aromatic rings. The van der Waals surface area contributed by atoms with E-state index in [0.717, 1.165) is 25.5 Å². The topological polar surface area (TPSA) is 101 Å². The summed E-state index contributed by atoms with van der Waals surface area (Å²) < 4.78 is 24.1. The average Bonchev–Trinajstić information content (AvgIpc) is 2.71. The monoisotopic (exact) mass is 447 g/mol. The number of anilines is 1. The lowest BCUT2D eigenvalue weighted by molar-refractivity contribution is -0.387. The maximum atomic E-state index is 13.6. The minimum Gasteiger partial charge on any atom is -0.362 e. The lowest BCUT2D eigenvalue weighted by Gasteiger charge is -2.57. The number of benzene rings is 1. The van der Waals surface area contributed by atoms with Gasteiger partial charge in [0.2, 0.25) is 5.91 Å². The third-order valence-electron chi connectivity index (χ3n) is 7.96. The van der Waals surface area contributed by atoms with Crippen molar-refractivity contribution < 1.29 is 18.1 Å². The molecule has 4 aliphatic carbocycles. The number of carbonyl (C=O) groups is 1. The summed E-state index contributed by atoms with van der Waals surface area (Å²) in [5.41, 5.74) is -0.236. The second-order valence-electron chi connectivity index (χ2n) is 10.1. The Morgan fingerprint density at radius 3 is 2.06 bits per heavy atom. The zero-order valence-corrected chi connectivity index (χ0v) is 18.6. The van der Waals surface area contributed by atoms with Crippen LogP contribution in [0.5, 0.6) is 0 Å². The molecule has 31 heavy (non-hydrogen) atoms. The second-order valence-corrected chi connectivity index (χ2v) is 12.1. The molecule has 0 N–H and O–H groups in total. The molecule has 5 fully saturated rings. The first-order valence-electron chi connectivity index (χ1n) is 11.2. The molecule has 0 aromatic heterocycles. The Morgan fingerprint density at radius 2 is 1.58 bits per heavy atom. The Bertz CT molecular complexity index is 994. The molecule has 168 valence electrons. The average molecular weight is 448 g/mol. The van der Waals surface area contributed by atoms with Crippen molar-refractivity contribution in [2.24, 2.45) is 23.2 Å². The molecule has 1 amide bonds. The van der Waals surface area contributed by atoms with E-state index in [0.29, 0.717) is 49.6 Å². The molecule has 0 atom stereocenters. The van der Waals surface area contributed by atoms with Crippen molar-refractivity contribution >= 4 is 27.1 Å². The highest BCUT2D eigenvalue weighted by molar-refractivity contribution is 7.90. The van der Waals surface area contributed by atoms with Crippen molar-refractivity contribution in [3.63, 3.8) is 0 Å². The molecule has 0 spiro atoms. The molecular weight excluding hydrogens is 418 g/mol. The number of rotatable bonds is 4. The fourth-order valence-electron chi connectivity index (χ4n) is 7.11. The third kappa shape index (κ3) is 3.50. The normalized spacial score (nSPS) is 32.4. The zero-order valence-electron chi connectivity index (χ0n) is 17.8. The van der Waals surface area contributed by atoms with Crippen LogP contribution in [0.15, 0.2) is 23.1 Å². The number of carbonyl (C=O) groups excluding carboxylic acids is 1. The number of para-hydroxylation sites is 1. The molecule has 9 heteroatoms. The summed E-state index contributed by atoms with van der Waals surface area (Å²) in [7, 11) is -3.72. The predicted octanol–water partition coefficient (Wildman–Crippen LogP) is 2.86. The number of sulfone groups is 1. The minimum absolute atomic E-state index is 0.181. The molecule has 4 saturated carbocycles. The van der Waals surface area contributed by atoms with Gasteiger partial charge >= 0.3 is 5.69 Å². The summed E-state index contributed by atoms with van der Waals surface area (Å²) in [5.74, 6) is 2.40. The van der Waals surface area contributed by atoms with Gasteiger partial charge in [-0.05, 0) is 68.4 Å². The van der Waals surface area contributed by atoms with Gasteiger partial charge in [0.25, 0.3) is 0 Å². The number of nitro groups is 1. The van der Waals surface area contributed by atoms with E-state index in [9.17, 15) is 23.3 Å². The Hall–Kier alpha value is -2.16. The lowest BCUT2D eigenvalue weighted by atomic mass is 9.49. The Kier molecular flexibility index (Phi) is 4.80. The van der Waals surface area contributed by atoms with Gasteiger partial charge in [-0.1, -0.05) is 6.07 Å². The molecule has 1 aliphatic heterocycles. The molecule has 5 aliphatic rings. The van der Waals surface area contributed by atoms with Crippen LogP contribution >= 0.6 is 0 Å². The number of nitro benzene ring substituents is 1. The Morgan fingerprint density at radius 1 is 1.03 bits per heavy atom. The van der Waals surface area contributed by atoms with E-state index >= 15 is 0 Å². The van der Waals surface area contributed by atoms with E-state index in [1.54, 1.807) is 12.1 Å². The van der Waals surface area contributed by atoms with Gasteiger partial charge in [0.1, 0.15) is 10.6 Å². The van der Waals surface area contributed by atoms with Crippen LogP contribution in [0.1, 0.15) is 38.5 Å². The van der Waals surface area contributed by atoms with Crippen LogP contribution in [0.2, 0.25) is 0 Å². The highest BCUT2D eigenvalue weighted by atomic mass is 32.2. The number of hydrogen-bond donors (Lipinski definition) is 0. The van der Waals surface area contributed by atoms with Gasteiger partial charge in [-0.3, -0.25) is 14.9 Å². The van der Waals surface area contributed by atoms with E-state index in [-0.39, 0.29) is 21.9 Å². The molecule has 1 heterocycles. The first-order valence-corrected chi connectivity index (χ1v) is 13.1. The Labute approximate surface area is 182 Å². The third-order valence-corrected chi connectivity index (χ3v) is 9.09. The standard InChI is InChI=1S/C22H29N3O5S/c1-31(29,30)19-4-2-3-18(20(19)25(27)28)23-5-7-24(8-6-23)21(26)22-12-15-9-16(13-22)11-17(10-15)14-22/h2-4,15-17H,5-14H2,1H3. The van der Waals surface area contributed by atoms with Crippen LogP contribution in [-0.2, 0) is 14.6 Å². The van der Waals surface area contributed by atoms with Crippen molar-refractivity contribution in [3.05, 3.63) is 28.3 Å². The van der Waals surface area contributed by atoms with Gasteiger partial charge in [0.15, 0.2) is 9.84 Å². The predicted molar refractivity (Wildman–Crippen MR) is 116 cm³/mol. The van der Waals surface area contributed by atoms with Crippen LogP contribution in [0.3, 0.4) is 0 Å². The van der Waals surface area contributed by atoms with Crippen molar-refractivity contribution in [2.45, 2.75) is 43.4 Å². The van der Waals surface area contributed by atoms with Crippen LogP contribution in [-0.4, -0.2) is 56.6 Å². The van der Waals surface area contributed by atoms with Crippen molar-refractivity contribution in [3.8, 4) is 0 Å². The summed E-state index contributed by atoms with van der Waals surface area (Å²) >= 11 is 0. The van der Waals surface area contributed by atoms with Gasteiger partial charge in [0.05, 0.1) is 10.3 Å². The largest absolute Gasteiger partial charge is 0.362 e. The zero-order chi connectivity index (χ0) is 22.0. The van der Waals surface area contributed by atoms with E-state index in [4.69, 9.17) is 0 Å². The highest BCUT2D eigenvalue weighted by Crippen LogP contribution is 2.60. The molecule has 1 saturated heterocycles. The first-order chi connectivity index (χ1) is 14.7. The molecule has 6 rings (SSSR count). The lowest BCUT2D eigenvalue weighted by Crippen LogP contribution is -2.58. The van der Waals surface area contributed by atoms with Crippen LogP contribution in [0, 0.1) is 33.3 Å². The summed E-state index contributed by atoms with van der Waals surface area (Å²) in [5, 5.41) is 11.7. The number of nitrogens with zero attached hydrogens (tertiary/aromatic N) is 3. The number of piperazine rings is 1. The van der Waals surface area contributed by atoms with Gasteiger partial charge in [-0.25, -0.2) is 8.42 Å². The SMILES string of the molecule is CS(=O)(=O)c1cccc(N2CCN(C(=O)C34CC5CC(CC(C5)C3)C4)CC2)c1[N+](=O)[O-]. The van der Waals surface area contributed by atoms with E-state index in [1.807, 2.05) is 9.80 Å². The number of amides is 1. The maximum Gasteiger partial charge on any atom is 0.311 e. The smallest absolute Gasteiger partial charge is 0.311 e. The molecule has 1 aromatic carbocycles. The number of hydrogen-bond acceptors (Lipinski definition) is 6. The van der Waals surface area contributed by atoms with Crippen molar-refractivity contribution in [1.29, 1.82) is 0 Å². The minimum atomic E-state index is -3.72. The summed E-state index contributed by atoms with van der Waals surface area (Å²) in [4.78, 5) is 28.2. The molecule has 0 unspecified atom stereocenters. The fourth-order valence-corrected chi connectivity index (χ4v) is 7.96. The first kappa shape index (κ1) is 20.7. The maximum absolute atomic E-state index is 13.6. The van der Waals surface area contributed by atoms with Crippen molar-refractivity contribution in [2.75, 3.05) is 37.3 Å². The summed E-state index contributed by atoms with van der Waals surface area (Å²) in [6, 6.07) is 4.43. The van der Waals surface area contributed by atoms with Gasteiger partial charge in [-0.15, -0.1) is 0 Å². The summed E-state index contributed by atoms with van der Waals surface area (Å²) in [6.45, 7) is 1.96. The molecule has 0 radical (unpaired) electrons. The molecule has 8 nitrogen and oxygen atoms in total. The van der Waals surface area contributed by atoms with E-state index in [1.165, 1.54) is 25.3 Å². The Balaban J connectivity index is 1.34. The van der Waals surface area contributed by atoms with Crippen LogP contribution < -0.4 is 4.90 Å². The molecule has 4 bridgehead atoms. The molecular formula is C22H29N3O5S. The quantitative estimate of drug-likeness (QED) is 0.520. The van der Waals surface area contributed by atoms with Gasteiger partial charge in [0, 0.05) is 32.4 Å². The summed E-state index contributed by atoms with van der Waals surface area (Å²) in [6.07, 6.45) is 7.95. The van der Waals surface area contributed by atoms with Crippen molar-refractivity contribution in [1.82, 2.24) is 4.90 Å². The van der Waals surface area contributed by atoms with Crippen LogP contribution in [0.4, 0.5) is 11.4 Å². The van der Waals surface area contributed by atoms with Gasteiger partial charge < -0.3 is 9.80 Å². The second kappa shape index (κ2) is 7.18.